The van der Waals surface area contributed by atoms with E-state index in [0.717, 1.165) is 26.9 Å². The molecule has 0 aliphatic carbocycles. The number of thiazole rings is 1. The lowest BCUT2D eigenvalue weighted by atomic mass is 10.1. The maximum Gasteiger partial charge on any atom is 0.124 e. The average Bonchev–Trinajstić information content (AvgIpc) is 2.90. The summed E-state index contributed by atoms with van der Waals surface area (Å²) in [6.07, 6.45) is 0. The quantitative estimate of drug-likeness (QED) is 0.611. The average molecular weight is 286 g/mol. The van der Waals surface area contributed by atoms with Gasteiger partial charge in [-0.2, -0.15) is 0 Å². The van der Waals surface area contributed by atoms with Gasteiger partial charge in [0.05, 0.1) is 5.69 Å². The van der Waals surface area contributed by atoms with Crippen LogP contribution in [0.3, 0.4) is 0 Å². The SMILES string of the molecule is Cc1ccc(-c2csc(-c3ccc(Cl)cc3)n2)cc1. The van der Waals surface area contributed by atoms with Gasteiger partial charge in [-0.25, -0.2) is 4.98 Å². The van der Waals surface area contributed by atoms with Crippen LogP contribution >= 0.6 is 22.9 Å². The molecule has 0 aliphatic rings. The molecule has 0 fully saturated rings. The Balaban J connectivity index is 1.95. The molecule has 0 N–H and O–H groups in total. The molecule has 0 radical (unpaired) electrons. The van der Waals surface area contributed by atoms with Gasteiger partial charge in [-0.1, -0.05) is 53.6 Å². The molecule has 0 unspecified atom stereocenters. The molecule has 94 valence electrons. The minimum absolute atomic E-state index is 0.749. The van der Waals surface area contributed by atoms with Crippen molar-refractivity contribution in [3.8, 4) is 21.8 Å². The zero-order chi connectivity index (χ0) is 13.2. The van der Waals surface area contributed by atoms with E-state index in [1.54, 1.807) is 11.3 Å². The summed E-state index contributed by atoms with van der Waals surface area (Å²) in [4.78, 5) is 4.69. The Hall–Kier alpha value is -1.64. The first-order valence-electron chi connectivity index (χ1n) is 6.01. The van der Waals surface area contributed by atoms with E-state index in [1.165, 1.54) is 5.56 Å². The van der Waals surface area contributed by atoms with Crippen molar-refractivity contribution in [2.24, 2.45) is 0 Å². The Kier molecular flexibility index (Phi) is 3.36. The van der Waals surface area contributed by atoms with Crippen LogP contribution in [0.5, 0.6) is 0 Å². The second-order valence-electron chi connectivity index (χ2n) is 4.41. The van der Waals surface area contributed by atoms with Crippen LogP contribution in [0.25, 0.3) is 21.8 Å². The Labute approximate surface area is 121 Å². The van der Waals surface area contributed by atoms with E-state index < -0.39 is 0 Å². The van der Waals surface area contributed by atoms with Gasteiger partial charge in [-0.3, -0.25) is 0 Å². The summed E-state index contributed by atoms with van der Waals surface area (Å²) >= 11 is 7.55. The molecule has 19 heavy (non-hydrogen) atoms. The molecule has 0 amide bonds. The summed E-state index contributed by atoms with van der Waals surface area (Å²) in [5, 5.41) is 3.86. The highest BCUT2D eigenvalue weighted by atomic mass is 35.5. The molecule has 0 atom stereocenters. The van der Waals surface area contributed by atoms with Crippen LogP contribution in [-0.2, 0) is 0 Å². The highest BCUT2D eigenvalue weighted by molar-refractivity contribution is 7.13. The molecule has 1 heterocycles. The van der Waals surface area contributed by atoms with Crippen LogP contribution in [0.1, 0.15) is 5.56 Å². The Morgan fingerprint density at radius 1 is 0.895 bits per heavy atom. The Morgan fingerprint density at radius 2 is 1.53 bits per heavy atom. The van der Waals surface area contributed by atoms with Crippen LogP contribution in [0.2, 0.25) is 5.02 Å². The molecule has 3 heteroatoms. The second-order valence-corrected chi connectivity index (χ2v) is 5.71. The predicted octanol–water partition coefficient (Wildman–Crippen LogP) is 5.44. The van der Waals surface area contributed by atoms with Crippen molar-refractivity contribution in [1.29, 1.82) is 0 Å². The largest absolute Gasteiger partial charge is 0.236 e. The number of hydrogen-bond acceptors (Lipinski definition) is 2. The molecule has 0 saturated carbocycles. The highest BCUT2D eigenvalue weighted by Crippen LogP contribution is 2.29. The summed E-state index contributed by atoms with van der Waals surface area (Å²) in [6.45, 7) is 2.09. The van der Waals surface area contributed by atoms with Crippen molar-refractivity contribution >= 4 is 22.9 Å². The summed E-state index contributed by atoms with van der Waals surface area (Å²) < 4.78 is 0. The Morgan fingerprint density at radius 3 is 2.21 bits per heavy atom. The fourth-order valence-electron chi connectivity index (χ4n) is 1.86. The van der Waals surface area contributed by atoms with Crippen LogP contribution < -0.4 is 0 Å². The van der Waals surface area contributed by atoms with Crippen molar-refractivity contribution in [1.82, 2.24) is 4.98 Å². The number of nitrogens with zero attached hydrogens (tertiary/aromatic N) is 1. The van der Waals surface area contributed by atoms with Crippen molar-refractivity contribution in [2.75, 3.05) is 0 Å². The van der Waals surface area contributed by atoms with Crippen molar-refractivity contribution in [3.63, 3.8) is 0 Å². The smallest absolute Gasteiger partial charge is 0.124 e. The number of aromatic nitrogens is 1. The molecule has 0 spiro atoms. The number of halogens is 1. The normalized spacial score (nSPS) is 10.6. The van der Waals surface area contributed by atoms with Crippen molar-refractivity contribution in [3.05, 3.63) is 64.5 Å². The summed E-state index contributed by atoms with van der Waals surface area (Å²) in [5.74, 6) is 0. The minimum atomic E-state index is 0.749. The number of aryl methyl sites for hydroxylation is 1. The molecule has 0 aliphatic heterocycles. The maximum atomic E-state index is 5.90. The summed E-state index contributed by atoms with van der Waals surface area (Å²) in [7, 11) is 0. The van der Waals surface area contributed by atoms with E-state index in [4.69, 9.17) is 11.6 Å². The van der Waals surface area contributed by atoms with E-state index >= 15 is 0 Å². The lowest BCUT2D eigenvalue weighted by Gasteiger charge is -1.98. The molecular weight excluding hydrogens is 274 g/mol. The predicted molar refractivity (Wildman–Crippen MR) is 82.7 cm³/mol. The van der Waals surface area contributed by atoms with Gasteiger partial charge < -0.3 is 0 Å². The van der Waals surface area contributed by atoms with Crippen molar-refractivity contribution < 1.29 is 0 Å². The second kappa shape index (κ2) is 5.16. The van der Waals surface area contributed by atoms with Gasteiger partial charge in [-0.15, -0.1) is 11.3 Å². The lowest BCUT2D eigenvalue weighted by molar-refractivity contribution is 1.39. The first kappa shape index (κ1) is 12.4. The summed E-state index contributed by atoms with van der Waals surface area (Å²) in [6, 6.07) is 16.2. The lowest BCUT2D eigenvalue weighted by Crippen LogP contribution is -1.80. The van der Waals surface area contributed by atoms with Crippen LogP contribution in [0.15, 0.2) is 53.9 Å². The third kappa shape index (κ3) is 2.70. The van der Waals surface area contributed by atoms with E-state index in [2.05, 4.69) is 41.6 Å². The van der Waals surface area contributed by atoms with Gasteiger partial charge in [0.15, 0.2) is 0 Å². The van der Waals surface area contributed by atoms with Gasteiger partial charge >= 0.3 is 0 Å². The molecule has 1 nitrogen and oxygen atoms in total. The Bertz CT molecular complexity index is 624. The molecule has 3 rings (SSSR count). The van der Waals surface area contributed by atoms with Gasteiger partial charge in [-0.05, 0) is 19.1 Å². The minimum Gasteiger partial charge on any atom is -0.236 e. The molecular formula is C16H12ClNS. The summed E-state index contributed by atoms with van der Waals surface area (Å²) in [5.41, 5.74) is 4.54. The fourth-order valence-corrected chi connectivity index (χ4v) is 2.82. The monoisotopic (exact) mass is 285 g/mol. The van der Waals surface area contributed by atoms with E-state index in [-0.39, 0.29) is 0 Å². The van der Waals surface area contributed by atoms with E-state index in [0.29, 0.717) is 0 Å². The number of rotatable bonds is 2. The topological polar surface area (TPSA) is 12.9 Å². The standard InChI is InChI=1S/C16H12ClNS/c1-11-2-4-12(5-3-11)15-10-19-16(18-15)13-6-8-14(17)9-7-13/h2-10H,1H3. The molecule has 0 saturated heterocycles. The first-order chi connectivity index (χ1) is 9.22. The third-order valence-corrected chi connectivity index (χ3v) is 4.09. The van der Waals surface area contributed by atoms with Crippen LogP contribution in [0.4, 0.5) is 0 Å². The van der Waals surface area contributed by atoms with E-state index in [1.807, 2.05) is 24.3 Å². The van der Waals surface area contributed by atoms with E-state index in [9.17, 15) is 0 Å². The maximum absolute atomic E-state index is 5.90. The zero-order valence-corrected chi connectivity index (χ0v) is 12.0. The van der Waals surface area contributed by atoms with Gasteiger partial charge in [0.2, 0.25) is 0 Å². The van der Waals surface area contributed by atoms with Gasteiger partial charge in [0, 0.05) is 21.5 Å². The molecule has 3 aromatic rings. The van der Waals surface area contributed by atoms with Crippen LogP contribution in [0, 0.1) is 6.92 Å². The third-order valence-electron chi connectivity index (χ3n) is 2.94. The van der Waals surface area contributed by atoms with Crippen LogP contribution in [-0.4, -0.2) is 4.98 Å². The molecule has 2 aromatic carbocycles. The highest BCUT2D eigenvalue weighted by Gasteiger charge is 2.06. The zero-order valence-electron chi connectivity index (χ0n) is 10.4. The van der Waals surface area contributed by atoms with Gasteiger partial charge in [0.25, 0.3) is 0 Å². The number of hydrogen-bond donors (Lipinski definition) is 0. The van der Waals surface area contributed by atoms with Gasteiger partial charge in [0.1, 0.15) is 5.01 Å². The number of benzene rings is 2. The molecule has 0 bridgehead atoms. The fraction of sp³-hybridized carbons (Fsp3) is 0.0625. The molecule has 1 aromatic heterocycles. The van der Waals surface area contributed by atoms with Crippen molar-refractivity contribution in [2.45, 2.75) is 6.92 Å². The first-order valence-corrected chi connectivity index (χ1v) is 7.27.